The van der Waals surface area contributed by atoms with Crippen molar-refractivity contribution in [3.63, 3.8) is 0 Å². The Morgan fingerprint density at radius 1 is 1.41 bits per heavy atom. The zero-order chi connectivity index (χ0) is 12.4. The van der Waals surface area contributed by atoms with Crippen molar-refractivity contribution in [2.45, 2.75) is 6.92 Å². The van der Waals surface area contributed by atoms with Crippen LogP contribution < -0.4 is 5.32 Å². The molecule has 0 aliphatic carbocycles. The number of imide groups is 2. The van der Waals surface area contributed by atoms with Crippen LogP contribution >= 0.6 is 11.3 Å². The predicted octanol–water partition coefficient (Wildman–Crippen LogP) is 1.23. The van der Waals surface area contributed by atoms with Gasteiger partial charge in [0.05, 0.1) is 0 Å². The molecule has 0 bridgehead atoms. The van der Waals surface area contributed by atoms with Gasteiger partial charge in [0, 0.05) is 11.4 Å². The van der Waals surface area contributed by atoms with E-state index in [1.54, 1.807) is 13.0 Å². The highest BCUT2D eigenvalue weighted by molar-refractivity contribution is 7.10. The van der Waals surface area contributed by atoms with E-state index in [2.05, 4.69) is 5.32 Å². The molecular weight excluding hydrogens is 240 g/mol. The van der Waals surface area contributed by atoms with Crippen LogP contribution in [0, 0.1) is 0 Å². The molecule has 88 valence electrons. The van der Waals surface area contributed by atoms with Gasteiger partial charge in [0.15, 0.2) is 0 Å². The molecule has 2 rings (SSSR count). The highest BCUT2D eigenvalue weighted by atomic mass is 32.1. The maximum atomic E-state index is 11.9. The van der Waals surface area contributed by atoms with Crippen molar-refractivity contribution in [3.05, 3.63) is 28.0 Å². The predicted molar refractivity (Wildman–Crippen MR) is 63.2 cm³/mol. The van der Waals surface area contributed by atoms with Crippen molar-refractivity contribution in [3.8, 4) is 0 Å². The van der Waals surface area contributed by atoms with Gasteiger partial charge in [0.1, 0.15) is 5.57 Å². The van der Waals surface area contributed by atoms with Crippen LogP contribution in [0.2, 0.25) is 0 Å². The van der Waals surface area contributed by atoms with Crippen LogP contribution in [0.25, 0.3) is 6.08 Å². The Kier molecular flexibility index (Phi) is 3.06. The summed E-state index contributed by atoms with van der Waals surface area (Å²) >= 11 is 1.42. The van der Waals surface area contributed by atoms with E-state index in [0.29, 0.717) is 0 Å². The van der Waals surface area contributed by atoms with E-state index < -0.39 is 17.8 Å². The summed E-state index contributed by atoms with van der Waals surface area (Å²) in [4.78, 5) is 36.6. The number of amides is 4. The second kappa shape index (κ2) is 4.50. The molecule has 1 aliphatic rings. The summed E-state index contributed by atoms with van der Waals surface area (Å²) in [7, 11) is 0. The van der Waals surface area contributed by atoms with Crippen molar-refractivity contribution in [1.29, 1.82) is 0 Å². The molecule has 0 radical (unpaired) electrons. The Bertz CT molecular complexity index is 505. The number of urea groups is 1. The van der Waals surface area contributed by atoms with E-state index in [4.69, 9.17) is 0 Å². The number of thiophene rings is 1. The smallest absolute Gasteiger partial charge is 0.273 e. The lowest BCUT2D eigenvalue weighted by atomic mass is 10.1. The van der Waals surface area contributed by atoms with Gasteiger partial charge in [0.25, 0.3) is 11.8 Å². The summed E-state index contributed by atoms with van der Waals surface area (Å²) < 4.78 is 0. The van der Waals surface area contributed by atoms with Crippen LogP contribution in [-0.4, -0.2) is 29.3 Å². The molecule has 0 saturated carbocycles. The molecule has 2 heterocycles. The Morgan fingerprint density at radius 2 is 2.18 bits per heavy atom. The van der Waals surface area contributed by atoms with E-state index in [1.807, 2.05) is 11.4 Å². The number of likely N-dealkylation sites (N-methyl/N-ethyl adjacent to an activating group) is 1. The molecule has 0 atom stereocenters. The third kappa shape index (κ3) is 2.12. The van der Waals surface area contributed by atoms with Crippen molar-refractivity contribution in [1.82, 2.24) is 10.2 Å². The Balaban J connectivity index is 2.36. The third-order valence-electron chi connectivity index (χ3n) is 2.33. The van der Waals surface area contributed by atoms with Gasteiger partial charge in [-0.3, -0.25) is 19.8 Å². The standard InChI is InChI=1S/C11H10N2O3S/c1-2-13-10(15)8(9(14)12-11(13)16)6-7-4-3-5-17-7/h3-6H,2H2,1H3,(H,12,14,16)/b8-6+. The van der Waals surface area contributed by atoms with E-state index in [0.717, 1.165) is 9.78 Å². The minimum atomic E-state index is -0.661. The molecule has 1 N–H and O–H groups in total. The first-order valence-electron chi connectivity index (χ1n) is 5.06. The van der Waals surface area contributed by atoms with Crippen LogP contribution in [0.1, 0.15) is 11.8 Å². The largest absolute Gasteiger partial charge is 0.331 e. The summed E-state index contributed by atoms with van der Waals surface area (Å²) in [5.41, 5.74) is -0.00565. The van der Waals surface area contributed by atoms with Gasteiger partial charge in [-0.1, -0.05) is 6.07 Å². The highest BCUT2D eigenvalue weighted by Crippen LogP contribution is 2.17. The molecule has 1 saturated heterocycles. The summed E-state index contributed by atoms with van der Waals surface area (Å²) in [6.07, 6.45) is 1.50. The number of barbiturate groups is 1. The maximum absolute atomic E-state index is 11.9. The quantitative estimate of drug-likeness (QED) is 0.634. The number of nitrogens with zero attached hydrogens (tertiary/aromatic N) is 1. The minimum Gasteiger partial charge on any atom is -0.273 e. The summed E-state index contributed by atoms with van der Waals surface area (Å²) in [5.74, 6) is -1.19. The van der Waals surface area contributed by atoms with Crippen LogP contribution in [-0.2, 0) is 9.59 Å². The highest BCUT2D eigenvalue weighted by Gasteiger charge is 2.34. The lowest BCUT2D eigenvalue weighted by Crippen LogP contribution is -2.53. The molecular formula is C11H10N2O3S. The SMILES string of the molecule is CCN1C(=O)NC(=O)/C(=C\c2cccs2)C1=O. The normalized spacial score (nSPS) is 18.8. The van der Waals surface area contributed by atoms with Gasteiger partial charge in [-0.05, 0) is 24.4 Å². The number of hydrogen-bond donors (Lipinski definition) is 1. The van der Waals surface area contributed by atoms with Gasteiger partial charge in [0.2, 0.25) is 0 Å². The average molecular weight is 250 g/mol. The first-order valence-corrected chi connectivity index (χ1v) is 5.94. The van der Waals surface area contributed by atoms with Gasteiger partial charge in [-0.15, -0.1) is 11.3 Å². The molecule has 1 aliphatic heterocycles. The van der Waals surface area contributed by atoms with Crippen molar-refractivity contribution in [2.24, 2.45) is 0 Å². The molecule has 1 aromatic rings. The molecule has 0 aromatic carbocycles. The minimum absolute atomic E-state index is 0.00565. The van der Waals surface area contributed by atoms with E-state index >= 15 is 0 Å². The van der Waals surface area contributed by atoms with Crippen molar-refractivity contribution in [2.75, 3.05) is 6.54 Å². The van der Waals surface area contributed by atoms with Gasteiger partial charge < -0.3 is 0 Å². The van der Waals surface area contributed by atoms with Gasteiger partial charge >= 0.3 is 6.03 Å². The topological polar surface area (TPSA) is 66.5 Å². The number of carbonyl (C=O) groups excluding carboxylic acids is 3. The van der Waals surface area contributed by atoms with Crippen LogP contribution in [0.3, 0.4) is 0 Å². The maximum Gasteiger partial charge on any atom is 0.331 e. The Hall–Kier alpha value is -1.95. The van der Waals surface area contributed by atoms with Crippen molar-refractivity contribution < 1.29 is 14.4 Å². The summed E-state index contributed by atoms with van der Waals surface area (Å²) in [5, 5.41) is 3.98. The van der Waals surface area contributed by atoms with E-state index in [1.165, 1.54) is 17.4 Å². The van der Waals surface area contributed by atoms with E-state index in [-0.39, 0.29) is 12.1 Å². The average Bonchev–Trinajstić information content (AvgIpc) is 2.77. The lowest BCUT2D eigenvalue weighted by Gasteiger charge is -2.24. The lowest BCUT2D eigenvalue weighted by molar-refractivity contribution is -0.129. The monoisotopic (exact) mass is 250 g/mol. The molecule has 1 fully saturated rings. The number of rotatable bonds is 2. The fourth-order valence-electron chi connectivity index (χ4n) is 1.50. The molecule has 5 nitrogen and oxygen atoms in total. The third-order valence-corrected chi connectivity index (χ3v) is 3.15. The van der Waals surface area contributed by atoms with Crippen molar-refractivity contribution >= 4 is 35.3 Å². The number of hydrogen-bond acceptors (Lipinski definition) is 4. The van der Waals surface area contributed by atoms with Crippen LogP contribution in [0.5, 0.6) is 0 Å². The number of nitrogens with one attached hydrogen (secondary N) is 1. The van der Waals surface area contributed by atoms with Gasteiger partial charge in [-0.25, -0.2) is 4.79 Å². The number of carbonyl (C=O) groups is 3. The van der Waals surface area contributed by atoms with Crippen LogP contribution in [0.4, 0.5) is 4.79 Å². The zero-order valence-electron chi connectivity index (χ0n) is 9.10. The molecule has 4 amide bonds. The Morgan fingerprint density at radius 3 is 2.76 bits per heavy atom. The second-order valence-electron chi connectivity index (χ2n) is 3.38. The first-order chi connectivity index (χ1) is 8.13. The fraction of sp³-hybridized carbons (Fsp3) is 0.182. The Labute approximate surface area is 102 Å². The molecule has 17 heavy (non-hydrogen) atoms. The van der Waals surface area contributed by atoms with Crippen LogP contribution in [0.15, 0.2) is 23.1 Å². The zero-order valence-corrected chi connectivity index (χ0v) is 9.91. The first kappa shape index (κ1) is 11.5. The summed E-state index contributed by atoms with van der Waals surface area (Å²) in [6.45, 7) is 1.91. The molecule has 0 unspecified atom stereocenters. The summed E-state index contributed by atoms with van der Waals surface area (Å²) in [6, 6.07) is 2.96. The molecule has 1 aromatic heterocycles. The second-order valence-corrected chi connectivity index (χ2v) is 4.36. The molecule has 0 spiro atoms. The molecule has 6 heteroatoms. The fourth-order valence-corrected chi connectivity index (χ4v) is 2.15. The van der Waals surface area contributed by atoms with Gasteiger partial charge in [-0.2, -0.15) is 0 Å². The van der Waals surface area contributed by atoms with E-state index in [9.17, 15) is 14.4 Å².